The van der Waals surface area contributed by atoms with Crippen molar-refractivity contribution in [3.63, 3.8) is 0 Å². The van der Waals surface area contributed by atoms with E-state index in [1.54, 1.807) is 0 Å². The standard InChI is InChI=1S/C4H6N2O3S/c5-1-4-2-6(3-4)10(7,8)9/h4H,2-3H2,(H,7,8,9). The van der Waals surface area contributed by atoms with E-state index in [0.717, 1.165) is 4.31 Å². The Morgan fingerprint density at radius 3 is 2.40 bits per heavy atom. The predicted molar refractivity (Wildman–Crippen MR) is 32.2 cm³/mol. The van der Waals surface area contributed by atoms with Crippen LogP contribution in [0.15, 0.2) is 0 Å². The van der Waals surface area contributed by atoms with Crippen LogP contribution in [0.1, 0.15) is 0 Å². The Labute approximate surface area is 58.7 Å². The summed E-state index contributed by atoms with van der Waals surface area (Å²) in [5.41, 5.74) is 0. The first-order valence-corrected chi connectivity index (χ1v) is 4.06. The third-order valence-electron chi connectivity index (χ3n) is 1.36. The van der Waals surface area contributed by atoms with Gasteiger partial charge in [0.1, 0.15) is 0 Å². The van der Waals surface area contributed by atoms with Crippen molar-refractivity contribution in [2.24, 2.45) is 5.92 Å². The fourth-order valence-corrected chi connectivity index (χ4v) is 1.44. The summed E-state index contributed by atoms with van der Waals surface area (Å²) in [6.07, 6.45) is 0. The van der Waals surface area contributed by atoms with Crippen molar-refractivity contribution in [3.05, 3.63) is 0 Å². The average Bonchev–Trinajstić information content (AvgIpc) is 1.57. The van der Waals surface area contributed by atoms with Gasteiger partial charge in [0.25, 0.3) is 0 Å². The molecular weight excluding hydrogens is 156 g/mol. The maximum absolute atomic E-state index is 10.2. The fourth-order valence-electron chi connectivity index (χ4n) is 0.708. The molecule has 1 aliphatic heterocycles. The smallest absolute Gasteiger partial charge is 0.273 e. The summed E-state index contributed by atoms with van der Waals surface area (Å²) in [5.74, 6) is -0.248. The van der Waals surface area contributed by atoms with Gasteiger partial charge in [-0.25, -0.2) is 0 Å². The van der Waals surface area contributed by atoms with Crippen molar-refractivity contribution < 1.29 is 13.0 Å². The fraction of sp³-hybridized carbons (Fsp3) is 0.750. The quantitative estimate of drug-likeness (QED) is 0.514. The summed E-state index contributed by atoms with van der Waals surface area (Å²) in [6, 6.07) is 1.89. The van der Waals surface area contributed by atoms with Crippen LogP contribution in [0.3, 0.4) is 0 Å². The molecule has 0 atom stereocenters. The highest BCUT2D eigenvalue weighted by molar-refractivity contribution is 7.83. The van der Waals surface area contributed by atoms with Crippen molar-refractivity contribution in [1.82, 2.24) is 4.31 Å². The largest absolute Gasteiger partial charge is 0.335 e. The number of hydrogen-bond donors (Lipinski definition) is 1. The molecular formula is C4H6N2O3S. The van der Waals surface area contributed by atoms with Gasteiger partial charge < -0.3 is 0 Å². The zero-order valence-electron chi connectivity index (χ0n) is 5.06. The van der Waals surface area contributed by atoms with Crippen LogP contribution in [-0.4, -0.2) is 30.4 Å². The van der Waals surface area contributed by atoms with Crippen LogP contribution in [0.5, 0.6) is 0 Å². The molecule has 1 saturated heterocycles. The molecule has 0 aromatic rings. The van der Waals surface area contributed by atoms with Gasteiger partial charge in [-0.05, 0) is 0 Å². The van der Waals surface area contributed by atoms with E-state index in [2.05, 4.69) is 0 Å². The summed E-state index contributed by atoms with van der Waals surface area (Å²) in [4.78, 5) is 0. The second-order valence-electron chi connectivity index (χ2n) is 2.12. The first kappa shape index (κ1) is 7.47. The number of rotatable bonds is 1. The summed E-state index contributed by atoms with van der Waals surface area (Å²) in [6.45, 7) is 0.241. The Morgan fingerprint density at radius 2 is 2.10 bits per heavy atom. The molecule has 0 saturated carbocycles. The summed E-state index contributed by atoms with van der Waals surface area (Å²) < 4.78 is 29.7. The van der Waals surface area contributed by atoms with Gasteiger partial charge in [-0.1, -0.05) is 0 Å². The van der Waals surface area contributed by atoms with Crippen LogP contribution < -0.4 is 0 Å². The number of hydrogen-bond acceptors (Lipinski definition) is 3. The summed E-state index contributed by atoms with van der Waals surface area (Å²) in [5, 5.41) is 8.22. The molecule has 0 unspecified atom stereocenters. The van der Waals surface area contributed by atoms with Gasteiger partial charge in [-0.2, -0.15) is 18.0 Å². The second-order valence-corrected chi connectivity index (χ2v) is 3.53. The van der Waals surface area contributed by atoms with Crippen molar-refractivity contribution in [1.29, 1.82) is 5.26 Å². The van der Waals surface area contributed by atoms with E-state index in [1.807, 2.05) is 6.07 Å². The van der Waals surface area contributed by atoms with Gasteiger partial charge in [-0.15, -0.1) is 0 Å². The van der Waals surface area contributed by atoms with E-state index >= 15 is 0 Å². The van der Waals surface area contributed by atoms with Gasteiger partial charge in [0.2, 0.25) is 0 Å². The molecule has 1 fully saturated rings. The minimum atomic E-state index is -4.03. The normalized spacial score (nSPS) is 21.6. The van der Waals surface area contributed by atoms with Crippen LogP contribution in [0.4, 0.5) is 0 Å². The highest BCUT2D eigenvalue weighted by Crippen LogP contribution is 2.16. The molecule has 10 heavy (non-hydrogen) atoms. The molecule has 1 rings (SSSR count). The third-order valence-corrected chi connectivity index (χ3v) is 2.31. The second kappa shape index (κ2) is 2.20. The zero-order valence-corrected chi connectivity index (χ0v) is 5.87. The van der Waals surface area contributed by atoms with Gasteiger partial charge in [-0.3, -0.25) is 4.55 Å². The van der Waals surface area contributed by atoms with Crippen molar-refractivity contribution in [2.75, 3.05) is 13.1 Å². The van der Waals surface area contributed by atoms with Crippen molar-refractivity contribution in [2.45, 2.75) is 0 Å². The maximum Gasteiger partial charge on any atom is 0.335 e. The van der Waals surface area contributed by atoms with Crippen LogP contribution >= 0.6 is 0 Å². The van der Waals surface area contributed by atoms with E-state index < -0.39 is 10.3 Å². The molecule has 5 nitrogen and oxygen atoms in total. The Hall–Kier alpha value is -0.640. The molecule has 1 aliphatic rings. The predicted octanol–water partition coefficient (Wildman–Crippen LogP) is -0.755. The van der Waals surface area contributed by atoms with Crippen LogP contribution in [0.2, 0.25) is 0 Å². The van der Waals surface area contributed by atoms with E-state index in [0.29, 0.717) is 0 Å². The zero-order chi connectivity index (χ0) is 7.78. The molecule has 0 aliphatic carbocycles. The Balaban J connectivity index is 2.50. The Morgan fingerprint density at radius 1 is 1.60 bits per heavy atom. The molecule has 0 aromatic heterocycles. The maximum atomic E-state index is 10.2. The SMILES string of the molecule is N#CC1CN(S(=O)(=O)O)C1. The lowest BCUT2D eigenvalue weighted by molar-refractivity contribution is 0.224. The highest BCUT2D eigenvalue weighted by Gasteiger charge is 2.34. The molecule has 0 bridgehead atoms. The first-order valence-electron chi connectivity index (χ1n) is 2.66. The lowest BCUT2D eigenvalue weighted by Crippen LogP contribution is -2.48. The van der Waals surface area contributed by atoms with E-state index in [-0.39, 0.29) is 19.0 Å². The van der Waals surface area contributed by atoms with Crippen molar-refractivity contribution >= 4 is 10.3 Å². The van der Waals surface area contributed by atoms with Crippen LogP contribution in [0, 0.1) is 17.2 Å². The molecule has 1 heterocycles. The van der Waals surface area contributed by atoms with Gasteiger partial charge in [0.15, 0.2) is 0 Å². The first-order chi connectivity index (χ1) is 4.54. The highest BCUT2D eigenvalue weighted by atomic mass is 32.2. The summed E-state index contributed by atoms with van der Waals surface area (Å²) >= 11 is 0. The Kier molecular flexibility index (Phi) is 1.64. The van der Waals surface area contributed by atoms with Gasteiger partial charge in [0.05, 0.1) is 12.0 Å². The minimum absolute atomic E-state index is 0.120. The molecule has 56 valence electrons. The minimum Gasteiger partial charge on any atom is -0.273 e. The van der Waals surface area contributed by atoms with E-state index in [1.165, 1.54) is 0 Å². The molecule has 0 radical (unpaired) electrons. The molecule has 0 spiro atoms. The van der Waals surface area contributed by atoms with E-state index in [4.69, 9.17) is 9.81 Å². The van der Waals surface area contributed by atoms with E-state index in [9.17, 15) is 8.42 Å². The lowest BCUT2D eigenvalue weighted by Gasteiger charge is -2.31. The lowest BCUT2D eigenvalue weighted by atomic mass is 10.1. The third kappa shape index (κ3) is 1.26. The van der Waals surface area contributed by atoms with Crippen LogP contribution in [0.25, 0.3) is 0 Å². The average molecular weight is 162 g/mol. The molecule has 6 heteroatoms. The molecule has 0 aromatic carbocycles. The Bertz CT molecular complexity index is 259. The van der Waals surface area contributed by atoms with Gasteiger partial charge in [0, 0.05) is 13.1 Å². The number of nitrogens with zero attached hydrogens (tertiary/aromatic N) is 2. The molecule has 1 N–H and O–H groups in total. The number of nitriles is 1. The summed E-state index contributed by atoms with van der Waals surface area (Å²) in [7, 11) is -4.03. The van der Waals surface area contributed by atoms with Gasteiger partial charge >= 0.3 is 10.3 Å². The van der Waals surface area contributed by atoms with Crippen LogP contribution in [-0.2, 0) is 10.3 Å². The topological polar surface area (TPSA) is 81.4 Å². The molecule has 0 amide bonds. The van der Waals surface area contributed by atoms with Crippen molar-refractivity contribution in [3.8, 4) is 6.07 Å². The monoisotopic (exact) mass is 162 g/mol.